The van der Waals surface area contributed by atoms with Crippen molar-refractivity contribution in [1.82, 2.24) is 14.9 Å². The van der Waals surface area contributed by atoms with Gasteiger partial charge in [-0.05, 0) is 42.9 Å². The molecular weight excluding hydrogens is 518 g/mol. The van der Waals surface area contributed by atoms with Crippen molar-refractivity contribution in [2.45, 2.75) is 6.04 Å². The predicted molar refractivity (Wildman–Crippen MR) is 165 cm³/mol. The van der Waals surface area contributed by atoms with Crippen LogP contribution in [0.2, 0.25) is 0 Å². The van der Waals surface area contributed by atoms with Crippen molar-refractivity contribution in [1.29, 1.82) is 0 Å². The highest BCUT2D eigenvalue weighted by Crippen LogP contribution is 2.46. The van der Waals surface area contributed by atoms with Gasteiger partial charge in [0.15, 0.2) is 0 Å². The molecule has 5 aromatic rings. The van der Waals surface area contributed by atoms with E-state index >= 15 is 0 Å². The van der Waals surface area contributed by atoms with Gasteiger partial charge in [-0.1, -0.05) is 78.9 Å². The van der Waals surface area contributed by atoms with Gasteiger partial charge in [-0.2, -0.15) is 0 Å². The summed E-state index contributed by atoms with van der Waals surface area (Å²) in [6, 6.07) is 27.5. The summed E-state index contributed by atoms with van der Waals surface area (Å²) in [4.78, 5) is 25.6. The molecule has 40 heavy (non-hydrogen) atoms. The standard InChI is InChI=1S/C32H31N5O2S/c1-37(2)18-10-17-27(39)35-25-16-9-15-24(19-25)30-28(23-13-7-4-8-14-23)29-31(33-21-34-32(29)40-30)36-26(20-38)22-11-5-3-6-12-22/h3-17,19,21,26,38H,18,20H2,1-2H3,(H,35,39)(H,33,34,36)/t26-/m1/s1. The Bertz CT molecular complexity index is 1620. The fourth-order valence-corrected chi connectivity index (χ4v) is 5.66. The molecule has 7 nitrogen and oxygen atoms in total. The minimum absolute atomic E-state index is 0.0854. The second-order valence-electron chi connectivity index (χ2n) is 9.60. The van der Waals surface area contributed by atoms with Crippen molar-refractivity contribution in [3.05, 3.63) is 109 Å². The highest BCUT2D eigenvalue weighted by Gasteiger charge is 2.22. The molecular formula is C32H31N5O2S. The summed E-state index contributed by atoms with van der Waals surface area (Å²) in [6.07, 6.45) is 4.94. The molecule has 3 aromatic carbocycles. The number of aliphatic hydroxyl groups excluding tert-OH is 1. The van der Waals surface area contributed by atoms with Gasteiger partial charge in [0.1, 0.15) is 17.0 Å². The van der Waals surface area contributed by atoms with Gasteiger partial charge in [0, 0.05) is 28.7 Å². The Balaban J connectivity index is 1.58. The Labute approximate surface area is 237 Å². The Morgan fingerprint density at radius 3 is 2.42 bits per heavy atom. The molecule has 0 unspecified atom stereocenters. The largest absolute Gasteiger partial charge is 0.394 e. The molecule has 3 N–H and O–H groups in total. The summed E-state index contributed by atoms with van der Waals surface area (Å²) in [6.45, 7) is 0.604. The average Bonchev–Trinajstić information content (AvgIpc) is 3.37. The lowest BCUT2D eigenvalue weighted by atomic mass is 9.99. The molecule has 0 fully saturated rings. The highest BCUT2D eigenvalue weighted by molar-refractivity contribution is 7.22. The number of anilines is 2. The third kappa shape index (κ3) is 6.26. The molecule has 0 saturated heterocycles. The van der Waals surface area contributed by atoms with Gasteiger partial charge in [-0.25, -0.2) is 9.97 Å². The van der Waals surface area contributed by atoms with Gasteiger partial charge in [-0.15, -0.1) is 11.3 Å². The molecule has 2 aromatic heterocycles. The minimum Gasteiger partial charge on any atom is -0.394 e. The molecule has 0 aliphatic rings. The van der Waals surface area contributed by atoms with Crippen LogP contribution in [-0.4, -0.2) is 53.1 Å². The van der Waals surface area contributed by atoms with E-state index in [9.17, 15) is 9.90 Å². The van der Waals surface area contributed by atoms with Crippen LogP contribution in [0.3, 0.4) is 0 Å². The summed E-state index contributed by atoms with van der Waals surface area (Å²) < 4.78 is 0. The van der Waals surface area contributed by atoms with Crippen molar-refractivity contribution in [2.24, 2.45) is 0 Å². The van der Waals surface area contributed by atoms with E-state index < -0.39 is 0 Å². The number of benzene rings is 3. The van der Waals surface area contributed by atoms with E-state index in [1.807, 2.05) is 97.9 Å². The number of aliphatic hydroxyl groups is 1. The third-order valence-electron chi connectivity index (χ3n) is 6.38. The van der Waals surface area contributed by atoms with Crippen LogP contribution in [0.1, 0.15) is 11.6 Å². The highest BCUT2D eigenvalue weighted by atomic mass is 32.1. The van der Waals surface area contributed by atoms with E-state index in [2.05, 4.69) is 32.7 Å². The number of nitrogens with one attached hydrogen (secondary N) is 2. The summed E-state index contributed by atoms with van der Waals surface area (Å²) in [5, 5.41) is 17.6. The van der Waals surface area contributed by atoms with Crippen LogP contribution in [0.25, 0.3) is 31.8 Å². The summed E-state index contributed by atoms with van der Waals surface area (Å²) >= 11 is 1.58. The number of nitrogens with zero attached hydrogens (tertiary/aromatic N) is 3. The van der Waals surface area contributed by atoms with E-state index in [4.69, 9.17) is 0 Å². The van der Waals surface area contributed by atoms with Crippen LogP contribution in [0.4, 0.5) is 11.5 Å². The number of carbonyl (C=O) groups is 1. The number of hydrogen-bond acceptors (Lipinski definition) is 7. The lowest BCUT2D eigenvalue weighted by Crippen LogP contribution is -2.15. The molecule has 0 spiro atoms. The van der Waals surface area contributed by atoms with Crippen LogP contribution < -0.4 is 10.6 Å². The number of carbonyl (C=O) groups excluding carboxylic acids is 1. The van der Waals surface area contributed by atoms with E-state index in [0.717, 1.165) is 37.3 Å². The van der Waals surface area contributed by atoms with E-state index in [1.165, 1.54) is 0 Å². The molecule has 1 amide bonds. The normalized spacial score (nSPS) is 12.2. The van der Waals surface area contributed by atoms with Gasteiger partial charge < -0.3 is 20.6 Å². The van der Waals surface area contributed by atoms with Gasteiger partial charge >= 0.3 is 0 Å². The zero-order valence-electron chi connectivity index (χ0n) is 22.4. The van der Waals surface area contributed by atoms with Gasteiger partial charge in [0.05, 0.1) is 18.0 Å². The Morgan fingerprint density at radius 1 is 0.975 bits per heavy atom. The fraction of sp³-hybridized carbons (Fsp3) is 0.156. The van der Waals surface area contributed by atoms with E-state index in [0.29, 0.717) is 18.1 Å². The van der Waals surface area contributed by atoms with Crippen LogP contribution in [0.15, 0.2) is 103 Å². The van der Waals surface area contributed by atoms with E-state index in [1.54, 1.807) is 23.7 Å². The van der Waals surface area contributed by atoms with Crippen LogP contribution in [0, 0.1) is 0 Å². The first-order chi connectivity index (χ1) is 19.5. The molecule has 1 atom stereocenters. The Kier molecular flexibility index (Phi) is 8.61. The number of hydrogen-bond donors (Lipinski definition) is 3. The van der Waals surface area contributed by atoms with Crippen LogP contribution in [0.5, 0.6) is 0 Å². The topological polar surface area (TPSA) is 90.4 Å². The number of thiophene rings is 1. The number of fused-ring (bicyclic) bond motifs is 1. The first-order valence-corrected chi connectivity index (χ1v) is 13.8. The number of amides is 1. The maximum Gasteiger partial charge on any atom is 0.248 e. The molecule has 5 rings (SSSR count). The van der Waals surface area contributed by atoms with E-state index in [-0.39, 0.29) is 18.6 Å². The second-order valence-corrected chi connectivity index (χ2v) is 10.6. The van der Waals surface area contributed by atoms with Crippen molar-refractivity contribution < 1.29 is 9.90 Å². The first kappa shape index (κ1) is 27.2. The lowest BCUT2D eigenvalue weighted by molar-refractivity contribution is -0.111. The quantitative estimate of drug-likeness (QED) is 0.179. The monoisotopic (exact) mass is 549 g/mol. The molecule has 8 heteroatoms. The molecule has 0 saturated carbocycles. The molecule has 2 heterocycles. The predicted octanol–water partition coefficient (Wildman–Crippen LogP) is 6.23. The fourth-order valence-electron chi connectivity index (χ4n) is 4.50. The Morgan fingerprint density at radius 2 is 1.70 bits per heavy atom. The molecule has 0 aliphatic heterocycles. The molecule has 0 radical (unpaired) electrons. The van der Waals surface area contributed by atoms with Gasteiger partial charge in [0.2, 0.25) is 5.91 Å². The molecule has 202 valence electrons. The second kappa shape index (κ2) is 12.7. The summed E-state index contributed by atoms with van der Waals surface area (Å²) in [5.41, 5.74) is 4.68. The van der Waals surface area contributed by atoms with Crippen molar-refractivity contribution >= 4 is 39.0 Å². The summed E-state index contributed by atoms with van der Waals surface area (Å²) in [7, 11) is 3.91. The number of rotatable bonds is 10. The number of aromatic nitrogens is 2. The lowest BCUT2D eigenvalue weighted by Gasteiger charge is -2.18. The zero-order valence-corrected chi connectivity index (χ0v) is 23.2. The average molecular weight is 550 g/mol. The number of likely N-dealkylation sites (N-methyl/N-ethyl adjacent to an activating group) is 1. The van der Waals surface area contributed by atoms with Gasteiger partial charge in [0.25, 0.3) is 0 Å². The molecule has 0 aliphatic carbocycles. The smallest absolute Gasteiger partial charge is 0.248 e. The van der Waals surface area contributed by atoms with Crippen molar-refractivity contribution in [3.8, 4) is 21.6 Å². The third-order valence-corrected chi connectivity index (χ3v) is 7.53. The minimum atomic E-state index is -0.328. The summed E-state index contributed by atoms with van der Waals surface area (Å²) in [5.74, 6) is 0.483. The molecule has 0 bridgehead atoms. The van der Waals surface area contributed by atoms with Gasteiger partial charge in [-0.3, -0.25) is 4.79 Å². The first-order valence-electron chi connectivity index (χ1n) is 13.0. The maximum absolute atomic E-state index is 12.5. The Hall–Kier alpha value is -4.37. The maximum atomic E-state index is 12.5. The van der Waals surface area contributed by atoms with Crippen LogP contribution >= 0.6 is 11.3 Å². The van der Waals surface area contributed by atoms with Crippen molar-refractivity contribution in [3.63, 3.8) is 0 Å². The SMILES string of the molecule is CN(C)CC=CC(=O)Nc1cccc(-c2sc3ncnc(N[C@H](CO)c4ccccc4)c3c2-c2ccccc2)c1. The van der Waals surface area contributed by atoms with Crippen molar-refractivity contribution in [2.75, 3.05) is 37.9 Å². The zero-order chi connectivity index (χ0) is 27.9. The van der Waals surface area contributed by atoms with Crippen LogP contribution in [-0.2, 0) is 4.79 Å².